The van der Waals surface area contributed by atoms with Crippen LogP contribution in [0.2, 0.25) is 0 Å². The molecule has 2 aromatic rings. The Balaban J connectivity index is 1.82. The van der Waals surface area contributed by atoms with E-state index in [9.17, 15) is 4.79 Å². The van der Waals surface area contributed by atoms with E-state index in [1.165, 1.54) is 0 Å². The van der Waals surface area contributed by atoms with E-state index < -0.39 is 5.97 Å². The second-order valence-electron chi connectivity index (χ2n) is 6.91. The van der Waals surface area contributed by atoms with Gasteiger partial charge >= 0.3 is 5.97 Å². The van der Waals surface area contributed by atoms with Crippen molar-refractivity contribution in [2.24, 2.45) is 16.6 Å². The van der Waals surface area contributed by atoms with Gasteiger partial charge in [0, 0.05) is 30.6 Å². The van der Waals surface area contributed by atoms with Crippen LogP contribution in [0.15, 0.2) is 47.6 Å². The lowest BCUT2D eigenvalue weighted by Crippen LogP contribution is -2.48. The average molecular weight is 368 g/mol. The Labute approximate surface area is 158 Å². The smallest absolute Gasteiger partial charge is 0.303 e. The van der Waals surface area contributed by atoms with Gasteiger partial charge in [-0.15, -0.1) is 0 Å². The predicted octanol–water partition coefficient (Wildman–Crippen LogP) is 3.53. The molecule has 0 saturated carbocycles. The van der Waals surface area contributed by atoms with E-state index in [0.717, 1.165) is 5.56 Å². The Morgan fingerprint density at radius 1 is 1.33 bits per heavy atom. The molecular formula is C20H24N4O3. The minimum atomic E-state index is -0.809. The molecule has 0 bridgehead atoms. The van der Waals surface area contributed by atoms with Gasteiger partial charge in [-0.2, -0.15) is 0 Å². The number of fused-ring (bicyclic) bond motifs is 1. The quantitative estimate of drug-likeness (QED) is 0.775. The van der Waals surface area contributed by atoms with Crippen molar-refractivity contribution in [1.29, 1.82) is 0 Å². The van der Waals surface area contributed by atoms with Gasteiger partial charge in [0.05, 0.1) is 11.9 Å². The zero-order valence-electron chi connectivity index (χ0n) is 15.5. The van der Waals surface area contributed by atoms with E-state index in [4.69, 9.17) is 15.6 Å². The fourth-order valence-electron chi connectivity index (χ4n) is 3.22. The zero-order valence-corrected chi connectivity index (χ0v) is 15.5. The van der Waals surface area contributed by atoms with Crippen LogP contribution in [0, 0.1) is 5.92 Å². The van der Waals surface area contributed by atoms with Gasteiger partial charge in [0.25, 0.3) is 0 Å². The maximum Gasteiger partial charge on any atom is 0.303 e. The van der Waals surface area contributed by atoms with Crippen molar-refractivity contribution in [3.05, 3.63) is 48.2 Å². The third-order valence-corrected chi connectivity index (χ3v) is 4.60. The highest BCUT2D eigenvalue weighted by Gasteiger charge is 2.28. The monoisotopic (exact) mass is 368 g/mol. The van der Waals surface area contributed by atoms with E-state index in [1.54, 1.807) is 6.20 Å². The van der Waals surface area contributed by atoms with Crippen LogP contribution in [0.25, 0.3) is 0 Å². The first-order chi connectivity index (χ1) is 12.9. The number of guanidine groups is 1. The summed E-state index contributed by atoms with van der Waals surface area (Å²) in [6.07, 6.45) is 2.26. The second-order valence-corrected chi connectivity index (χ2v) is 6.91. The number of rotatable bonds is 7. The van der Waals surface area contributed by atoms with Crippen LogP contribution < -0.4 is 10.5 Å². The number of carbonyl (C=O) groups is 1. The van der Waals surface area contributed by atoms with Crippen molar-refractivity contribution < 1.29 is 14.6 Å². The van der Waals surface area contributed by atoms with Crippen LogP contribution in [0.4, 0.5) is 5.69 Å². The SMILES string of the molecule is CC(C)[C@H](CCC(=O)O)N1Cc2cc(Oc3ccccc3)ncc2N=C1N. The lowest BCUT2D eigenvalue weighted by molar-refractivity contribution is -0.137. The highest BCUT2D eigenvalue weighted by molar-refractivity contribution is 5.83. The highest BCUT2D eigenvalue weighted by Crippen LogP contribution is 2.31. The number of hydrogen-bond donors (Lipinski definition) is 2. The second kappa shape index (κ2) is 8.07. The standard InChI is InChI=1S/C20H24N4O3/c1-13(2)17(8-9-19(25)26)24-12-14-10-18(22-11-16(14)23-20(24)21)27-15-6-4-3-5-7-15/h3-7,10-11,13,17H,8-9,12H2,1-2H3,(H2,21,23)(H,25,26)/t17-/m0/s1. The van der Waals surface area contributed by atoms with E-state index in [1.807, 2.05) is 41.3 Å². The summed E-state index contributed by atoms with van der Waals surface area (Å²) in [4.78, 5) is 21.7. The van der Waals surface area contributed by atoms with Gasteiger partial charge in [-0.25, -0.2) is 9.98 Å². The molecule has 3 rings (SSSR count). The summed E-state index contributed by atoms with van der Waals surface area (Å²) in [6.45, 7) is 4.67. The van der Waals surface area contributed by atoms with Gasteiger partial charge in [0.15, 0.2) is 5.96 Å². The zero-order chi connectivity index (χ0) is 19.4. The number of nitrogens with two attached hydrogens (primary N) is 1. The molecule has 1 aliphatic heterocycles. The van der Waals surface area contributed by atoms with Gasteiger partial charge < -0.3 is 20.5 Å². The number of para-hydroxylation sites is 1. The number of pyridine rings is 1. The molecule has 0 fully saturated rings. The van der Waals surface area contributed by atoms with Gasteiger partial charge in [-0.1, -0.05) is 32.0 Å². The van der Waals surface area contributed by atoms with Crippen LogP contribution >= 0.6 is 0 Å². The number of benzene rings is 1. The fourth-order valence-corrected chi connectivity index (χ4v) is 3.22. The number of carboxylic acids is 1. The van der Waals surface area contributed by atoms with E-state index in [-0.39, 0.29) is 18.4 Å². The molecule has 1 aromatic heterocycles. The summed E-state index contributed by atoms with van der Waals surface area (Å²) in [5, 5.41) is 9.04. The third kappa shape index (κ3) is 4.55. The molecule has 27 heavy (non-hydrogen) atoms. The molecule has 0 unspecified atom stereocenters. The van der Waals surface area contributed by atoms with Crippen LogP contribution in [0.5, 0.6) is 11.6 Å². The molecule has 7 nitrogen and oxygen atoms in total. The molecule has 1 aromatic carbocycles. The first kappa shape index (κ1) is 18.7. The highest BCUT2D eigenvalue weighted by atomic mass is 16.5. The Morgan fingerprint density at radius 3 is 2.74 bits per heavy atom. The molecule has 0 spiro atoms. The van der Waals surface area contributed by atoms with Gasteiger partial charge in [-0.05, 0) is 24.5 Å². The van der Waals surface area contributed by atoms with Crippen molar-refractivity contribution >= 4 is 17.6 Å². The first-order valence-electron chi connectivity index (χ1n) is 8.98. The first-order valence-corrected chi connectivity index (χ1v) is 8.98. The minimum absolute atomic E-state index is 0.00958. The molecule has 142 valence electrons. The van der Waals surface area contributed by atoms with Crippen LogP contribution in [0.1, 0.15) is 32.3 Å². The van der Waals surface area contributed by atoms with Crippen molar-refractivity contribution in [2.75, 3.05) is 0 Å². The minimum Gasteiger partial charge on any atom is -0.481 e. The lowest BCUT2D eigenvalue weighted by Gasteiger charge is -2.37. The fraction of sp³-hybridized carbons (Fsp3) is 0.350. The summed E-state index contributed by atoms with van der Waals surface area (Å²) >= 11 is 0. The largest absolute Gasteiger partial charge is 0.481 e. The van der Waals surface area contributed by atoms with Crippen molar-refractivity contribution in [3.63, 3.8) is 0 Å². The molecule has 0 radical (unpaired) electrons. The molecule has 7 heteroatoms. The third-order valence-electron chi connectivity index (χ3n) is 4.60. The van der Waals surface area contributed by atoms with Crippen molar-refractivity contribution in [1.82, 2.24) is 9.88 Å². The topological polar surface area (TPSA) is 101 Å². The normalized spacial score (nSPS) is 14.5. The Morgan fingerprint density at radius 2 is 2.07 bits per heavy atom. The van der Waals surface area contributed by atoms with Crippen molar-refractivity contribution in [3.8, 4) is 11.6 Å². The summed E-state index contributed by atoms with van der Waals surface area (Å²) < 4.78 is 5.81. The number of ether oxygens (including phenoxy) is 1. The number of hydrogen-bond acceptors (Lipinski definition) is 6. The molecule has 0 saturated heterocycles. The van der Waals surface area contributed by atoms with E-state index >= 15 is 0 Å². The molecule has 1 atom stereocenters. The summed E-state index contributed by atoms with van der Waals surface area (Å²) in [6, 6.07) is 11.3. The lowest BCUT2D eigenvalue weighted by atomic mass is 9.96. The molecule has 0 amide bonds. The van der Waals surface area contributed by atoms with Crippen LogP contribution in [0.3, 0.4) is 0 Å². The van der Waals surface area contributed by atoms with Crippen molar-refractivity contribution in [2.45, 2.75) is 39.3 Å². The molecule has 0 aliphatic carbocycles. The molecule has 2 heterocycles. The van der Waals surface area contributed by atoms with E-state index in [2.05, 4.69) is 23.8 Å². The van der Waals surface area contributed by atoms with E-state index in [0.29, 0.717) is 36.2 Å². The maximum atomic E-state index is 11.0. The Hall–Kier alpha value is -3.09. The van der Waals surface area contributed by atoms with Gasteiger partial charge in [0.2, 0.25) is 5.88 Å². The number of nitrogens with zero attached hydrogens (tertiary/aromatic N) is 3. The van der Waals surface area contributed by atoms with Gasteiger partial charge in [0.1, 0.15) is 5.75 Å². The molecule has 1 aliphatic rings. The Kier molecular flexibility index (Phi) is 5.59. The molecule has 3 N–H and O–H groups in total. The number of aliphatic carboxylic acids is 1. The predicted molar refractivity (Wildman–Crippen MR) is 103 cm³/mol. The number of aliphatic imine (C=N–C) groups is 1. The average Bonchev–Trinajstić information content (AvgIpc) is 2.63. The maximum absolute atomic E-state index is 11.0. The van der Waals surface area contributed by atoms with Gasteiger partial charge in [-0.3, -0.25) is 4.79 Å². The summed E-state index contributed by atoms with van der Waals surface area (Å²) in [7, 11) is 0. The number of carboxylic acid groups (broad SMARTS) is 1. The Bertz CT molecular complexity index is 836. The van der Waals surface area contributed by atoms with Crippen LogP contribution in [-0.2, 0) is 11.3 Å². The number of aromatic nitrogens is 1. The molecular weight excluding hydrogens is 344 g/mol. The van der Waals surface area contributed by atoms with Crippen LogP contribution in [-0.4, -0.2) is 33.0 Å². The summed E-state index contributed by atoms with van der Waals surface area (Å²) in [5.41, 5.74) is 7.83. The summed E-state index contributed by atoms with van der Waals surface area (Å²) in [5.74, 6) is 1.02.